The van der Waals surface area contributed by atoms with Crippen LogP contribution in [0.25, 0.3) is 55.2 Å². The molecule has 1 aliphatic rings. The highest BCUT2D eigenvalue weighted by molar-refractivity contribution is 7.13. The zero-order valence-electron chi connectivity index (χ0n) is 19.0. The fourth-order valence-electron chi connectivity index (χ4n) is 4.96. The molecule has 7 heterocycles. The van der Waals surface area contributed by atoms with E-state index in [9.17, 15) is 0 Å². The number of pyridine rings is 3. The van der Waals surface area contributed by atoms with Gasteiger partial charge in [-0.3, -0.25) is 15.0 Å². The highest BCUT2D eigenvalue weighted by atomic mass is 32.1. The first kappa shape index (κ1) is 20.5. The van der Waals surface area contributed by atoms with Crippen LogP contribution in [0.5, 0.6) is 0 Å². The minimum atomic E-state index is 0.790. The van der Waals surface area contributed by atoms with E-state index in [0.29, 0.717) is 0 Å². The minimum absolute atomic E-state index is 0.790. The molecule has 7 nitrogen and oxygen atoms in total. The molecule has 1 saturated heterocycles. The van der Waals surface area contributed by atoms with Crippen molar-refractivity contribution in [2.45, 2.75) is 19.4 Å². The molecule has 2 N–H and O–H groups in total. The average molecular weight is 478 g/mol. The van der Waals surface area contributed by atoms with Crippen LogP contribution in [0, 0.1) is 0 Å². The second-order valence-corrected chi connectivity index (χ2v) is 9.96. The molecule has 0 amide bonds. The number of thiophene rings is 1. The van der Waals surface area contributed by atoms with Gasteiger partial charge in [0.05, 0.1) is 16.9 Å². The van der Waals surface area contributed by atoms with Crippen LogP contribution in [0.1, 0.15) is 18.4 Å². The van der Waals surface area contributed by atoms with Crippen molar-refractivity contribution in [1.29, 1.82) is 0 Å². The molecule has 0 aromatic carbocycles. The third kappa shape index (κ3) is 3.71. The molecule has 6 aromatic heterocycles. The largest absolute Gasteiger partial charge is 0.338 e. The maximum absolute atomic E-state index is 5.01. The van der Waals surface area contributed by atoms with Gasteiger partial charge < -0.3 is 4.98 Å². The number of aromatic nitrogens is 6. The summed E-state index contributed by atoms with van der Waals surface area (Å²) in [4.78, 5) is 21.2. The number of aromatic amines is 2. The van der Waals surface area contributed by atoms with Gasteiger partial charge in [-0.2, -0.15) is 5.10 Å². The van der Waals surface area contributed by atoms with Crippen molar-refractivity contribution in [3.8, 4) is 33.1 Å². The smallest absolute Gasteiger partial charge is 0.138 e. The zero-order valence-corrected chi connectivity index (χ0v) is 19.8. The topological polar surface area (TPSA) is 86.4 Å². The number of rotatable bonds is 5. The lowest BCUT2D eigenvalue weighted by Crippen LogP contribution is -2.18. The lowest BCUT2D eigenvalue weighted by Gasteiger charge is -2.14. The Labute approximate surface area is 205 Å². The molecule has 1 fully saturated rings. The van der Waals surface area contributed by atoms with Crippen molar-refractivity contribution in [2.24, 2.45) is 0 Å². The Bertz CT molecular complexity index is 1640. The van der Waals surface area contributed by atoms with E-state index in [0.717, 1.165) is 51.3 Å². The Balaban J connectivity index is 1.28. The number of nitrogens with zero attached hydrogens (tertiary/aromatic N) is 5. The first-order valence-electron chi connectivity index (χ1n) is 11.9. The van der Waals surface area contributed by atoms with E-state index in [1.165, 1.54) is 41.9 Å². The molecule has 0 spiro atoms. The average Bonchev–Trinajstić information content (AvgIpc) is 3.70. The van der Waals surface area contributed by atoms with E-state index in [1.54, 1.807) is 11.3 Å². The number of hydrogen-bond donors (Lipinski definition) is 2. The van der Waals surface area contributed by atoms with Gasteiger partial charge in [0.1, 0.15) is 16.9 Å². The molecule has 0 bridgehead atoms. The number of hydrogen-bond acceptors (Lipinski definition) is 6. The fraction of sp³-hybridized carbons (Fsp3) is 0.185. The molecule has 6 aromatic rings. The predicted molar refractivity (Wildman–Crippen MR) is 140 cm³/mol. The highest BCUT2D eigenvalue weighted by Crippen LogP contribution is 2.35. The van der Waals surface area contributed by atoms with Crippen LogP contribution in [0.15, 0.2) is 66.4 Å². The molecule has 0 unspecified atom stereocenters. The molecular formula is C27H23N7S. The molecule has 7 rings (SSSR count). The van der Waals surface area contributed by atoms with E-state index in [1.807, 2.05) is 30.7 Å². The molecule has 35 heavy (non-hydrogen) atoms. The van der Waals surface area contributed by atoms with Crippen molar-refractivity contribution in [1.82, 2.24) is 35.0 Å². The SMILES string of the molecule is c1csc(-c2ccnc3[nH]c(-c4n[nH]c5ccc(-c6cncc(CN7CCCC7)c6)nc45)cc23)c1. The summed E-state index contributed by atoms with van der Waals surface area (Å²) in [6.07, 6.45) is 8.27. The van der Waals surface area contributed by atoms with E-state index < -0.39 is 0 Å². The summed E-state index contributed by atoms with van der Waals surface area (Å²) in [5.41, 5.74) is 8.57. The summed E-state index contributed by atoms with van der Waals surface area (Å²) in [5, 5.41) is 10.9. The molecule has 0 saturated carbocycles. The number of likely N-dealkylation sites (tertiary alicyclic amines) is 1. The third-order valence-corrected chi connectivity index (χ3v) is 7.58. The van der Waals surface area contributed by atoms with Crippen LogP contribution in [0.3, 0.4) is 0 Å². The molecule has 1 aliphatic heterocycles. The third-order valence-electron chi connectivity index (χ3n) is 6.68. The number of nitrogens with one attached hydrogen (secondary N) is 2. The van der Waals surface area contributed by atoms with E-state index in [2.05, 4.69) is 65.8 Å². The summed E-state index contributed by atoms with van der Waals surface area (Å²) < 4.78 is 0. The van der Waals surface area contributed by atoms with Crippen LogP contribution >= 0.6 is 11.3 Å². The van der Waals surface area contributed by atoms with E-state index in [4.69, 9.17) is 4.98 Å². The van der Waals surface area contributed by atoms with Gasteiger partial charge in [-0.05, 0) is 73.3 Å². The summed E-state index contributed by atoms with van der Waals surface area (Å²) >= 11 is 1.73. The van der Waals surface area contributed by atoms with Gasteiger partial charge in [0.25, 0.3) is 0 Å². The summed E-state index contributed by atoms with van der Waals surface area (Å²) in [7, 11) is 0. The molecule has 172 valence electrons. The lowest BCUT2D eigenvalue weighted by molar-refractivity contribution is 0.331. The molecule has 0 aliphatic carbocycles. The quantitative estimate of drug-likeness (QED) is 0.323. The van der Waals surface area contributed by atoms with Crippen LogP contribution in [-0.2, 0) is 6.54 Å². The van der Waals surface area contributed by atoms with Crippen LogP contribution in [0.2, 0.25) is 0 Å². The van der Waals surface area contributed by atoms with Crippen molar-refractivity contribution < 1.29 is 0 Å². The van der Waals surface area contributed by atoms with Gasteiger partial charge in [0, 0.05) is 46.5 Å². The summed E-state index contributed by atoms with van der Waals surface area (Å²) in [6.45, 7) is 3.27. The molecular weight excluding hydrogens is 454 g/mol. The maximum Gasteiger partial charge on any atom is 0.138 e. The fourth-order valence-corrected chi connectivity index (χ4v) is 5.73. The Morgan fingerprint density at radius 1 is 1.03 bits per heavy atom. The van der Waals surface area contributed by atoms with Crippen molar-refractivity contribution >= 4 is 33.4 Å². The second kappa shape index (κ2) is 8.41. The van der Waals surface area contributed by atoms with Gasteiger partial charge in [0.2, 0.25) is 0 Å². The highest BCUT2D eigenvalue weighted by Gasteiger charge is 2.17. The van der Waals surface area contributed by atoms with Crippen molar-refractivity contribution in [2.75, 3.05) is 13.1 Å². The van der Waals surface area contributed by atoms with Crippen molar-refractivity contribution in [3.63, 3.8) is 0 Å². The second-order valence-electron chi connectivity index (χ2n) is 9.01. The predicted octanol–water partition coefficient (Wildman–Crippen LogP) is 5.89. The lowest BCUT2D eigenvalue weighted by atomic mass is 10.1. The molecule has 8 heteroatoms. The summed E-state index contributed by atoms with van der Waals surface area (Å²) in [5.74, 6) is 0. The number of fused-ring (bicyclic) bond motifs is 2. The first-order valence-corrected chi connectivity index (χ1v) is 12.7. The Morgan fingerprint density at radius 3 is 2.86 bits per heavy atom. The zero-order chi connectivity index (χ0) is 23.2. The maximum atomic E-state index is 5.01. The van der Waals surface area contributed by atoms with Gasteiger partial charge in [0.15, 0.2) is 0 Å². The van der Waals surface area contributed by atoms with Gasteiger partial charge in [-0.1, -0.05) is 6.07 Å². The van der Waals surface area contributed by atoms with E-state index in [-0.39, 0.29) is 0 Å². The Morgan fingerprint density at radius 2 is 1.97 bits per heavy atom. The first-order chi connectivity index (χ1) is 17.3. The van der Waals surface area contributed by atoms with Gasteiger partial charge in [-0.25, -0.2) is 9.97 Å². The number of H-pyrrole nitrogens is 2. The molecule has 0 atom stereocenters. The Hall–Kier alpha value is -3.88. The monoisotopic (exact) mass is 477 g/mol. The van der Waals surface area contributed by atoms with Crippen LogP contribution < -0.4 is 0 Å². The minimum Gasteiger partial charge on any atom is -0.338 e. The standard InChI is InChI=1S/C27H23N7S/c1-2-10-34(9-1)16-17-12-18(15-28-14-17)21-5-6-22-25(30-21)26(33-32-22)23-13-20-19(24-4-3-11-35-24)7-8-29-27(20)31-23/h3-8,11-15H,1-2,9-10,16H2,(H,29,31)(H,32,33). The normalized spacial score (nSPS) is 14.4. The summed E-state index contributed by atoms with van der Waals surface area (Å²) in [6, 6.07) is 14.7. The molecule has 0 radical (unpaired) electrons. The van der Waals surface area contributed by atoms with E-state index >= 15 is 0 Å². The van der Waals surface area contributed by atoms with Gasteiger partial charge >= 0.3 is 0 Å². The van der Waals surface area contributed by atoms with Crippen LogP contribution in [-0.4, -0.2) is 48.1 Å². The Kier molecular flexibility index (Phi) is 4.92. The van der Waals surface area contributed by atoms with Gasteiger partial charge in [-0.15, -0.1) is 11.3 Å². The van der Waals surface area contributed by atoms with Crippen molar-refractivity contribution in [3.05, 3.63) is 72.0 Å². The van der Waals surface area contributed by atoms with Crippen LogP contribution in [0.4, 0.5) is 0 Å².